The fraction of sp³-hybridized carbons (Fsp3) is 0.542. The topological polar surface area (TPSA) is 92.6 Å². The molecule has 0 spiro atoms. The van der Waals surface area contributed by atoms with Crippen LogP contribution in [0.3, 0.4) is 0 Å². The van der Waals surface area contributed by atoms with Gasteiger partial charge in [-0.1, -0.05) is 5.92 Å². The van der Waals surface area contributed by atoms with Gasteiger partial charge in [-0.15, -0.1) is 16.6 Å². The zero-order chi connectivity index (χ0) is 22.3. The summed E-state index contributed by atoms with van der Waals surface area (Å²) in [6.07, 6.45) is 9.91. The first-order valence-corrected chi connectivity index (χ1v) is 11.4. The Morgan fingerprint density at radius 1 is 1.28 bits per heavy atom. The second-order valence-electron chi connectivity index (χ2n) is 8.26. The van der Waals surface area contributed by atoms with E-state index in [2.05, 4.69) is 26.3 Å². The van der Waals surface area contributed by atoms with Crippen molar-refractivity contribution in [2.45, 2.75) is 44.6 Å². The maximum Gasteiger partial charge on any atom is 0.243 e. The lowest BCUT2D eigenvalue weighted by Crippen LogP contribution is -2.43. The molecule has 0 amide bonds. The number of benzene rings is 1. The monoisotopic (exact) mass is 437 g/mol. The molecule has 2 aromatic rings. The van der Waals surface area contributed by atoms with Gasteiger partial charge in [0, 0.05) is 42.8 Å². The molecule has 0 bridgehead atoms. The van der Waals surface area contributed by atoms with Crippen molar-refractivity contribution in [2.75, 3.05) is 45.0 Å². The fourth-order valence-corrected chi connectivity index (χ4v) is 4.05. The molecule has 2 fully saturated rings. The molecule has 2 heterocycles. The predicted molar refractivity (Wildman–Crippen MR) is 122 cm³/mol. The van der Waals surface area contributed by atoms with Crippen molar-refractivity contribution in [3.05, 3.63) is 29.5 Å². The summed E-state index contributed by atoms with van der Waals surface area (Å²) in [4.78, 5) is 7.14. The van der Waals surface area contributed by atoms with Crippen LogP contribution in [-0.4, -0.2) is 70.9 Å². The third kappa shape index (κ3) is 5.54. The number of hydrogen-bond acceptors (Lipinski definition) is 8. The lowest BCUT2D eigenvalue weighted by Gasteiger charge is -2.32. The Labute approximate surface area is 189 Å². The zero-order valence-corrected chi connectivity index (χ0v) is 18.6. The number of anilines is 1. The number of ether oxygens (including phenoxy) is 2. The van der Waals surface area contributed by atoms with Crippen molar-refractivity contribution in [3.63, 3.8) is 0 Å². The molecule has 1 saturated carbocycles. The molecule has 1 atom stereocenters. The molecule has 32 heavy (non-hydrogen) atoms. The number of rotatable bonds is 10. The van der Waals surface area contributed by atoms with Gasteiger partial charge in [-0.2, -0.15) is 0 Å². The van der Waals surface area contributed by atoms with Crippen LogP contribution in [0.5, 0.6) is 5.75 Å². The van der Waals surface area contributed by atoms with Gasteiger partial charge >= 0.3 is 0 Å². The van der Waals surface area contributed by atoms with Crippen LogP contribution < -0.4 is 10.1 Å². The summed E-state index contributed by atoms with van der Waals surface area (Å²) in [6, 6.07) is 5.88. The lowest BCUT2D eigenvalue weighted by molar-refractivity contribution is 0.0227. The van der Waals surface area contributed by atoms with Gasteiger partial charge in [0.05, 0.1) is 12.3 Å². The summed E-state index contributed by atoms with van der Waals surface area (Å²) >= 11 is 0. The largest absolute Gasteiger partial charge is 0.467 e. The highest BCUT2D eigenvalue weighted by atomic mass is 16.7. The zero-order valence-electron chi connectivity index (χ0n) is 18.6. The fourth-order valence-electron chi connectivity index (χ4n) is 4.05. The number of nitrogens with zero attached hydrogens (tertiary/aromatic N) is 4. The number of β-amino-alcohol motifs (C(OH)–C–C–N with tert-alkyl or cyclic N) is 1. The third-order valence-corrected chi connectivity index (χ3v) is 5.84. The highest BCUT2D eigenvalue weighted by Crippen LogP contribution is 2.44. The molecule has 4 rings (SSSR count). The summed E-state index contributed by atoms with van der Waals surface area (Å²) in [5.41, 5.74) is 3.24. The van der Waals surface area contributed by atoms with E-state index in [1.807, 2.05) is 25.1 Å². The highest BCUT2D eigenvalue weighted by molar-refractivity contribution is 5.71. The molecule has 2 N–H and O–H groups in total. The minimum atomic E-state index is 0.142. The lowest BCUT2D eigenvalue weighted by atomic mass is 10.0. The quantitative estimate of drug-likeness (QED) is 0.333. The maximum absolute atomic E-state index is 9.24. The first kappa shape index (κ1) is 22.5. The molecular weight excluding hydrogens is 406 g/mol. The van der Waals surface area contributed by atoms with Crippen LogP contribution in [0.25, 0.3) is 11.3 Å². The predicted octanol–water partition coefficient (Wildman–Crippen LogP) is 2.64. The van der Waals surface area contributed by atoms with Crippen molar-refractivity contribution >= 4 is 5.95 Å². The summed E-state index contributed by atoms with van der Waals surface area (Å²) < 4.78 is 11.2. The van der Waals surface area contributed by atoms with Crippen LogP contribution in [0.4, 0.5) is 5.95 Å². The van der Waals surface area contributed by atoms with Crippen molar-refractivity contribution in [3.8, 4) is 29.4 Å². The van der Waals surface area contributed by atoms with Crippen LogP contribution in [0.1, 0.15) is 49.8 Å². The number of aliphatic hydroxyl groups excluding tert-OH is 1. The van der Waals surface area contributed by atoms with Gasteiger partial charge in [-0.05, 0) is 57.4 Å². The Balaban J connectivity index is 1.58. The van der Waals surface area contributed by atoms with E-state index in [1.165, 1.54) is 0 Å². The number of aliphatic hydroxyl groups is 1. The van der Waals surface area contributed by atoms with Crippen LogP contribution >= 0.6 is 0 Å². The van der Waals surface area contributed by atoms with Gasteiger partial charge in [0.15, 0.2) is 6.79 Å². The molecule has 2 aliphatic rings. The molecular formula is C24H31N5O3. The van der Waals surface area contributed by atoms with Gasteiger partial charge in [0.1, 0.15) is 11.4 Å². The third-order valence-electron chi connectivity index (χ3n) is 5.84. The number of nitrogens with one attached hydrogen (secondary N) is 1. The van der Waals surface area contributed by atoms with E-state index >= 15 is 0 Å². The molecule has 1 aliphatic heterocycles. The summed E-state index contributed by atoms with van der Waals surface area (Å²) in [7, 11) is 0. The molecule has 1 aromatic carbocycles. The Kier molecular flexibility index (Phi) is 7.53. The van der Waals surface area contributed by atoms with Crippen molar-refractivity contribution in [2.24, 2.45) is 0 Å². The van der Waals surface area contributed by atoms with Crippen LogP contribution in [0, 0.1) is 12.3 Å². The number of aromatic nitrogens is 3. The molecule has 170 valence electrons. The Morgan fingerprint density at radius 2 is 2.16 bits per heavy atom. The average Bonchev–Trinajstić information content (AvgIpc) is 3.65. The minimum absolute atomic E-state index is 0.142. The molecule has 0 radical (unpaired) electrons. The van der Waals surface area contributed by atoms with E-state index in [1.54, 1.807) is 0 Å². The highest BCUT2D eigenvalue weighted by Gasteiger charge is 2.31. The second kappa shape index (κ2) is 10.7. The van der Waals surface area contributed by atoms with Crippen molar-refractivity contribution < 1.29 is 14.6 Å². The van der Waals surface area contributed by atoms with E-state index in [0.29, 0.717) is 30.8 Å². The van der Waals surface area contributed by atoms with Crippen LogP contribution in [0.2, 0.25) is 0 Å². The first-order valence-electron chi connectivity index (χ1n) is 11.4. The van der Waals surface area contributed by atoms with Crippen molar-refractivity contribution in [1.29, 1.82) is 0 Å². The Bertz CT molecular complexity index is 955. The standard InChI is InChI=1S/C24H31N5O3/c1-3-17-7-10-20(21(14-17)32-16-31-4-2)23-22(18-8-9-18)26-24(28-27-23)25-19-6-5-11-29(15-19)12-13-30/h1,7,10,14,18-19,30H,4-6,8-9,11-13,15-16H2,2H3,(H,25,26,28)/t19-/m1/s1. The van der Waals surface area contributed by atoms with Crippen LogP contribution in [0.15, 0.2) is 18.2 Å². The van der Waals surface area contributed by atoms with Crippen molar-refractivity contribution in [1.82, 2.24) is 20.1 Å². The molecule has 0 unspecified atom stereocenters. The van der Waals surface area contributed by atoms with Gasteiger partial charge in [0.2, 0.25) is 5.95 Å². The molecule has 1 aromatic heterocycles. The molecule has 1 saturated heterocycles. The summed E-state index contributed by atoms with van der Waals surface area (Å²) in [5.74, 6) is 4.21. The minimum Gasteiger partial charge on any atom is -0.467 e. The van der Waals surface area contributed by atoms with E-state index in [0.717, 1.165) is 61.3 Å². The maximum atomic E-state index is 9.24. The van der Waals surface area contributed by atoms with Gasteiger partial charge in [-0.3, -0.25) is 4.90 Å². The molecule has 8 nitrogen and oxygen atoms in total. The number of likely N-dealkylation sites (tertiary alicyclic amines) is 1. The van der Waals surface area contributed by atoms with E-state index in [4.69, 9.17) is 20.9 Å². The van der Waals surface area contributed by atoms with Gasteiger partial charge in [0.25, 0.3) is 0 Å². The number of piperidine rings is 1. The number of hydrogen-bond donors (Lipinski definition) is 2. The van der Waals surface area contributed by atoms with Crippen LogP contribution in [-0.2, 0) is 4.74 Å². The normalized spacial score (nSPS) is 18.8. The summed E-state index contributed by atoms with van der Waals surface area (Å²) in [6.45, 7) is 5.39. The van der Waals surface area contributed by atoms with E-state index in [-0.39, 0.29) is 19.4 Å². The SMILES string of the molecule is C#Cc1ccc(-c2nnc(N[C@@H]3CCCN(CCO)C3)nc2C2CC2)c(OCOCC)c1. The van der Waals surface area contributed by atoms with E-state index in [9.17, 15) is 5.11 Å². The first-order chi connectivity index (χ1) is 15.7. The molecule has 8 heteroatoms. The Hall–Kier alpha value is -2.73. The Morgan fingerprint density at radius 3 is 2.91 bits per heavy atom. The van der Waals surface area contributed by atoms with E-state index < -0.39 is 0 Å². The second-order valence-corrected chi connectivity index (χ2v) is 8.26. The van der Waals surface area contributed by atoms with Gasteiger partial charge in [-0.25, -0.2) is 4.98 Å². The smallest absolute Gasteiger partial charge is 0.243 e. The average molecular weight is 438 g/mol. The number of terminal acetylenes is 1. The van der Waals surface area contributed by atoms with Gasteiger partial charge < -0.3 is 19.9 Å². The molecule has 1 aliphatic carbocycles. The summed E-state index contributed by atoms with van der Waals surface area (Å²) in [5, 5.41) is 21.7.